The lowest BCUT2D eigenvalue weighted by atomic mass is 9.97. The van der Waals surface area contributed by atoms with Gasteiger partial charge in [-0.2, -0.15) is 0 Å². The molecule has 5 heteroatoms. The molecule has 2 fully saturated rings. The highest BCUT2D eigenvalue weighted by molar-refractivity contribution is 7.99. The van der Waals surface area contributed by atoms with Crippen LogP contribution in [0.2, 0.25) is 0 Å². The van der Waals surface area contributed by atoms with Crippen LogP contribution in [0, 0.1) is 0 Å². The summed E-state index contributed by atoms with van der Waals surface area (Å²) in [4.78, 5) is 9.55. The second kappa shape index (κ2) is 5.37. The van der Waals surface area contributed by atoms with Gasteiger partial charge in [0.05, 0.1) is 5.37 Å². The second-order valence-corrected chi connectivity index (χ2v) is 6.96. The molecule has 1 unspecified atom stereocenters. The summed E-state index contributed by atoms with van der Waals surface area (Å²) in [5.74, 6) is 3.13. The molecular formula is C15H20N4S. The molecule has 20 heavy (non-hydrogen) atoms. The SMILES string of the molecule is c1cnc2c(c1)nc(C1CCNCC1)n2C1CCCS1. The summed E-state index contributed by atoms with van der Waals surface area (Å²) in [5, 5.41) is 3.99. The number of aromatic nitrogens is 3. The summed E-state index contributed by atoms with van der Waals surface area (Å²) >= 11 is 2.06. The van der Waals surface area contributed by atoms with Crippen molar-refractivity contribution in [2.45, 2.75) is 37.0 Å². The number of imidazole rings is 1. The van der Waals surface area contributed by atoms with E-state index in [0.717, 1.165) is 24.3 Å². The summed E-state index contributed by atoms with van der Waals surface area (Å²) in [6, 6.07) is 4.09. The van der Waals surface area contributed by atoms with Crippen LogP contribution in [0.1, 0.15) is 42.8 Å². The zero-order chi connectivity index (χ0) is 13.4. The molecule has 1 atom stereocenters. The number of rotatable bonds is 2. The number of thioether (sulfide) groups is 1. The predicted octanol–water partition coefficient (Wildman–Crippen LogP) is 2.92. The molecule has 4 rings (SSSR count). The fourth-order valence-electron chi connectivity index (χ4n) is 3.36. The van der Waals surface area contributed by atoms with Gasteiger partial charge in [-0.15, -0.1) is 11.8 Å². The molecule has 0 aliphatic carbocycles. The smallest absolute Gasteiger partial charge is 0.160 e. The summed E-state index contributed by atoms with van der Waals surface area (Å²) < 4.78 is 2.45. The first-order chi connectivity index (χ1) is 9.93. The van der Waals surface area contributed by atoms with Gasteiger partial charge in [0.25, 0.3) is 0 Å². The van der Waals surface area contributed by atoms with E-state index >= 15 is 0 Å². The van der Waals surface area contributed by atoms with Gasteiger partial charge in [-0.05, 0) is 56.7 Å². The Morgan fingerprint density at radius 1 is 1.25 bits per heavy atom. The summed E-state index contributed by atoms with van der Waals surface area (Å²) in [5.41, 5.74) is 2.15. The molecule has 2 saturated heterocycles. The van der Waals surface area contributed by atoms with E-state index in [-0.39, 0.29) is 0 Å². The average Bonchev–Trinajstić information content (AvgIpc) is 3.14. The van der Waals surface area contributed by atoms with Gasteiger partial charge in [0.2, 0.25) is 0 Å². The Bertz CT molecular complexity index is 597. The Morgan fingerprint density at radius 3 is 2.95 bits per heavy atom. The van der Waals surface area contributed by atoms with Gasteiger partial charge < -0.3 is 5.32 Å². The molecule has 0 spiro atoms. The molecular weight excluding hydrogens is 268 g/mol. The van der Waals surface area contributed by atoms with E-state index in [1.54, 1.807) is 0 Å². The van der Waals surface area contributed by atoms with Gasteiger partial charge in [-0.3, -0.25) is 4.57 Å². The van der Waals surface area contributed by atoms with E-state index in [2.05, 4.69) is 32.7 Å². The Balaban J connectivity index is 1.82. The average molecular weight is 288 g/mol. The van der Waals surface area contributed by atoms with Crippen LogP contribution < -0.4 is 5.32 Å². The topological polar surface area (TPSA) is 42.7 Å². The lowest BCUT2D eigenvalue weighted by molar-refractivity contribution is 0.429. The van der Waals surface area contributed by atoms with Crippen molar-refractivity contribution in [3.63, 3.8) is 0 Å². The van der Waals surface area contributed by atoms with Crippen LogP contribution in [0.4, 0.5) is 0 Å². The second-order valence-electron chi connectivity index (χ2n) is 5.68. The van der Waals surface area contributed by atoms with Gasteiger partial charge in [0.15, 0.2) is 5.65 Å². The maximum absolute atomic E-state index is 4.94. The molecule has 1 N–H and O–H groups in total. The highest BCUT2D eigenvalue weighted by atomic mass is 32.2. The lowest BCUT2D eigenvalue weighted by Crippen LogP contribution is -2.28. The van der Waals surface area contributed by atoms with Crippen LogP contribution >= 0.6 is 11.8 Å². The zero-order valence-electron chi connectivity index (χ0n) is 11.6. The molecule has 4 nitrogen and oxygen atoms in total. The van der Waals surface area contributed by atoms with Crippen molar-refractivity contribution >= 4 is 22.9 Å². The third kappa shape index (κ3) is 2.13. The van der Waals surface area contributed by atoms with Crippen molar-refractivity contribution in [3.8, 4) is 0 Å². The molecule has 0 radical (unpaired) electrons. The number of hydrogen-bond acceptors (Lipinski definition) is 4. The molecule has 0 bridgehead atoms. The predicted molar refractivity (Wildman–Crippen MR) is 83.1 cm³/mol. The zero-order valence-corrected chi connectivity index (χ0v) is 12.4. The Hall–Kier alpha value is -1.07. The van der Waals surface area contributed by atoms with Crippen LogP contribution in [0.15, 0.2) is 18.3 Å². The van der Waals surface area contributed by atoms with Crippen LogP contribution in [-0.2, 0) is 0 Å². The molecule has 106 valence electrons. The van der Waals surface area contributed by atoms with Gasteiger partial charge in [-0.1, -0.05) is 0 Å². The standard InChI is InChI=1S/C15H20N4S/c1-3-12-15(17-7-1)19(13-4-2-10-20-13)14(18-12)11-5-8-16-9-6-11/h1,3,7,11,13,16H,2,4-6,8-10H2. The quantitative estimate of drug-likeness (QED) is 0.922. The number of fused-ring (bicyclic) bond motifs is 1. The summed E-state index contributed by atoms with van der Waals surface area (Å²) in [7, 11) is 0. The van der Waals surface area contributed by atoms with Crippen LogP contribution in [0.25, 0.3) is 11.2 Å². The third-order valence-electron chi connectivity index (χ3n) is 4.37. The first-order valence-corrected chi connectivity index (χ1v) is 8.63. The normalized spacial score (nSPS) is 24.5. The molecule has 4 heterocycles. The largest absolute Gasteiger partial charge is 0.317 e. The third-order valence-corrected chi connectivity index (χ3v) is 5.73. The lowest BCUT2D eigenvalue weighted by Gasteiger charge is -2.25. The Kier molecular flexibility index (Phi) is 3.40. The van der Waals surface area contributed by atoms with Crippen LogP contribution in [0.5, 0.6) is 0 Å². The fraction of sp³-hybridized carbons (Fsp3) is 0.600. The molecule has 2 aromatic rings. The first-order valence-electron chi connectivity index (χ1n) is 7.58. The molecule has 2 aliphatic rings. The van der Waals surface area contributed by atoms with Crippen molar-refractivity contribution in [3.05, 3.63) is 24.2 Å². The Morgan fingerprint density at radius 2 is 2.15 bits per heavy atom. The Labute approximate surface area is 123 Å². The molecule has 2 aliphatic heterocycles. The van der Waals surface area contributed by atoms with E-state index in [0.29, 0.717) is 11.3 Å². The molecule has 0 aromatic carbocycles. The molecule has 0 amide bonds. The number of nitrogens with one attached hydrogen (secondary N) is 1. The van der Waals surface area contributed by atoms with E-state index < -0.39 is 0 Å². The summed E-state index contributed by atoms with van der Waals surface area (Å²) in [6.45, 7) is 2.22. The van der Waals surface area contributed by atoms with Gasteiger partial charge in [0.1, 0.15) is 11.3 Å². The van der Waals surface area contributed by atoms with Crippen molar-refractivity contribution in [1.29, 1.82) is 0 Å². The van der Waals surface area contributed by atoms with E-state index in [9.17, 15) is 0 Å². The van der Waals surface area contributed by atoms with Crippen molar-refractivity contribution in [1.82, 2.24) is 19.9 Å². The maximum Gasteiger partial charge on any atom is 0.160 e. The maximum atomic E-state index is 4.94. The number of hydrogen-bond donors (Lipinski definition) is 1. The van der Waals surface area contributed by atoms with Gasteiger partial charge >= 0.3 is 0 Å². The van der Waals surface area contributed by atoms with E-state index in [1.807, 2.05) is 12.3 Å². The number of pyridine rings is 1. The van der Waals surface area contributed by atoms with Crippen LogP contribution in [0.3, 0.4) is 0 Å². The van der Waals surface area contributed by atoms with Crippen molar-refractivity contribution in [2.24, 2.45) is 0 Å². The first kappa shape index (κ1) is 12.7. The fourth-order valence-corrected chi connectivity index (χ4v) is 4.66. The highest BCUT2D eigenvalue weighted by Crippen LogP contribution is 2.40. The van der Waals surface area contributed by atoms with Crippen molar-refractivity contribution < 1.29 is 0 Å². The monoisotopic (exact) mass is 288 g/mol. The summed E-state index contributed by atoms with van der Waals surface area (Å²) in [6.07, 6.45) is 6.85. The number of nitrogens with zero attached hydrogens (tertiary/aromatic N) is 3. The highest BCUT2D eigenvalue weighted by Gasteiger charge is 2.28. The van der Waals surface area contributed by atoms with Gasteiger partial charge in [-0.25, -0.2) is 9.97 Å². The minimum Gasteiger partial charge on any atom is -0.317 e. The van der Waals surface area contributed by atoms with E-state index in [4.69, 9.17) is 4.98 Å². The van der Waals surface area contributed by atoms with Crippen molar-refractivity contribution in [2.75, 3.05) is 18.8 Å². The molecule has 0 saturated carbocycles. The van der Waals surface area contributed by atoms with Gasteiger partial charge in [0, 0.05) is 12.1 Å². The minimum absolute atomic E-state index is 0.541. The van der Waals surface area contributed by atoms with E-state index in [1.165, 1.54) is 37.3 Å². The molecule has 2 aromatic heterocycles. The number of piperidine rings is 1. The minimum atomic E-state index is 0.541. The van der Waals surface area contributed by atoms with Crippen LogP contribution in [-0.4, -0.2) is 33.4 Å².